The van der Waals surface area contributed by atoms with Gasteiger partial charge in [0.05, 0.1) is 17.7 Å². The van der Waals surface area contributed by atoms with Gasteiger partial charge in [-0.2, -0.15) is 13.2 Å². The van der Waals surface area contributed by atoms with Crippen molar-refractivity contribution < 1.29 is 31.2 Å². The molecule has 0 saturated heterocycles. The molecular weight excluding hydrogens is 385 g/mol. The average molecular weight is 400 g/mol. The fourth-order valence-corrected chi connectivity index (χ4v) is 3.05. The molecule has 0 bridgehead atoms. The summed E-state index contributed by atoms with van der Waals surface area (Å²) in [5, 5.41) is 2.36. The second-order valence-electron chi connectivity index (χ2n) is 5.66. The molecule has 0 aliphatic heterocycles. The summed E-state index contributed by atoms with van der Waals surface area (Å²) in [6.07, 6.45) is -0.0277. The van der Waals surface area contributed by atoms with Crippen molar-refractivity contribution in [3.8, 4) is 0 Å². The van der Waals surface area contributed by atoms with E-state index >= 15 is 0 Å². The van der Waals surface area contributed by atoms with E-state index in [0.717, 1.165) is 18.2 Å². The lowest BCUT2D eigenvalue weighted by atomic mass is 10.1. The molecule has 2 aromatic carbocycles. The lowest BCUT2D eigenvalue weighted by molar-refractivity contribution is -0.117. The van der Waals surface area contributed by atoms with Gasteiger partial charge in [-0.1, -0.05) is 30.3 Å². The molecule has 2 amide bonds. The van der Waals surface area contributed by atoms with E-state index in [0.29, 0.717) is 11.1 Å². The maximum absolute atomic E-state index is 12.6. The molecule has 0 aliphatic rings. The number of hydrogen-bond donors (Lipinski definition) is 2. The molecule has 0 aromatic heterocycles. The van der Waals surface area contributed by atoms with E-state index in [-0.39, 0.29) is 18.5 Å². The molecule has 6 nitrogen and oxygen atoms in total. The van der Waals surface area contributed by atoms with Gasteiger partial charge in [-0.3, -0.25) is 9.59 Å². The van der Waals surface area contributed by atoms with E-state index < -0.39 is 32.1 Å². The van der Waals surface area contributed by atoms with Gasteiger partial charge in [0.25, 0.3) is 9.84 Å². The molecule has 0 fully saturated rings. The van der Waals surface area contributed by atoms with Crippen LogP contribution in [0.25, 0.3) is 0 Å². The fourth-order valence-electron chi connectivity index (χ4n) is 2.24. The van der Waals surface area contributed by atoms with Gasteiger partial charge in [-0.05, 0) is 29.3 Å². The highest BCUT2D eigenvalue weighted by molar-refractivity contribution is 7.92. The second kappa shape index (κ2) is 7.78. The Morgan fingerprint density at radius 3 is 2.04 bits per heavy atom. The van der Waals surface area contributed by atoms with Crippen LogP contribution in [0, 0.1) is 0 Å². The summed E-state index contributed by atoms with van der Waals surface area (Å²) in [7, 11) is -5.50. The maximum atomic E-state index is 12.6. The molecule has 0 aliphatic carbocycles. The van der Waals surface area contributed by atoms with Crippen LogP contribution >= 0.6 is 0 Å². The second-order valence-corrected chi connectivity index (χ2v) is 7.60. The molecule has 10 heteroatoms. The number of rotatable bonds is 6. The highest BCUT2D eigenvalue weighted by Crippen LogP contribution is 2.31. The van der Waals surface area contributed by atoms with Crippen molar-refractivity contribution in [2.75, 3.05) is 5.32 Å². The van der Waals surface area contributed by atoms with Crippen LogP contribution in [0.5, 0.6) is 0 Å². The predicted octanol–water partition coefficient (Wildman–Crippen LogP) is 2.19. The summed E-state index contributed by atoms with van der Waals surface area (Å²) in [5.41, 5.74) is 0.855. The predicted molar refractivity (Wildman–Crippen MR) is 91.4 cm³/mol. The third-order valence-corrected chi connectivity index (χ3v) is 4.98. The number of sulfone groups is 1. The Hall–Kier alpha value is -2.88. The van der Waals surface area contributed by atoms with Crippen molar-refractivity contribution in [3.05, 3.63) is 59.7 Å². The normalized spacial score (nSPS) is 11.8. The van der Waals surface area contributed by atoms with E-state index in [1.54, 1.807) is 24.3 Å². The molecule has 3 N–H and O–H groups in total. The lowest BCUT2D eigenvalue weighted by Crippen LogP contribution is -2.23. The van der Waals surface area contributed by atoms with Crippen LogP contribution in [0.1, 0.15) is 11.1 Å². The van der Waals surface area contributed by atoms with E-state index in [1.807, 2.05) is 0 Å². The molecule has 0 spiro atoms. The molecule has 0 saturated carbocycles. The third kappa shape index (κ3) is 5.30. The largest absolute Gasteiger partial charge is 0.501 e. The molecule has 27 heavy (non-hydrogen) atoms. The minimum absolute atomic E-state index is 0.0624. The summed E-state index contributed by atoms with van der Waals surface area (Å²) in [6.45, 7) is 0. The Balaban J connectivity index is 2.08. The smallest absolute Gasteiger partial charge is 0.369 e. The van der Waals surface area contributed by atoms with Crippen LogP contribution in [0.15, 0.2) is 53.4 Å². The first-order chi connectivity index (χ1) is 12.5. The summed E-state index contributed by atoms with van der Waals surface area (Å²) < 4.78 is 60.7. The van der Waals surface area contributed by atoms with Gasteiger partial charge in [-0.25, -0.2) is 8.42 Å². The summed E-state index contributed by atoms with van der Waals surface area (Å²) in [4.78, 5) is 21.9. The number of halogens is 3. The number of amides is 2. The first kappa shape index (κ1) is 20.4. The van der Waals surface area contributed by atoms with Crippen molar-refractivity contribution in [3.63, 3.8) is 0 Å². The number of anilines is 1. The highest BCUT2D eigenvalue weighted by Gasteiger charge is 2.46. The quantitative estimate of drug-likeness (QED) is 0.775. The van der Waals surface area contributed by atoms with Gasteiger partial charge in [0.15, 0.2) is 0 Å². The highest BCUT2D eigenvalue weighted by atomic mass is 32.2. The van der Waals surface area contributed by atoms with Crippen LogP contribution in [0.4, 0.5) is 18.9 Å². The van der Waals surface area contributed by atoms with Gasteiger partial charge in [-0.15, -0.1) is 0 Å². The summed E-state index contributed by atoms with van der Waals surface area (Å²) in [5.74, 6) is -1.03. The fraction of sp³-hybridized carbons (Fsp3) is 0.176. The number of primary amides is 1. The Labute approximate surface area is 153 Å². The SMILES string of the molecule is NC(=O)Cc1ccc(CC(=O)Nc2cccc(S(=O)(=O)C(F)(F)F)c2)cc1. The summed E-state index contributed by atoms with van der Waals surface area (Å²) >= 11 is 0. The van der Waals surface area contributed by atoms with Gasteiger partial charge in [0, 0.05) is 5.69 Å². The van der Waals surface area contributed by atoms with Crippen LogP contribution in [0.2, 0.25) is 0 Å². The molecule has 0 atom stereocenters. The zero-order valence-corrected chi connectivity index (χ0v) is 14.6. The molecular formula is C17H15F3N2O4S. The number of hydrogen-bond acceptors (Lipinski definition) is 4. The third-order valence-electron chi connectivity index (χ3n) is 3.50. The van der Waals surface area contributed by atoms with E-state index in [1.165, 1.54) is 6.07 Å². The van der Waals surface area contributed by atoms with Crippen LogP contribution in [-0.2, 0) is 32.3 Å². The van der Waals surface area contributed by atoms with Crippen LogP contribution in [-0.4, -0.2) is 25.7 Å². The maximum Gasteiger partial charge on any atom is 0.501 e. The zero-order valence-electron chi connectivity index (χ0n) is 13.8. The molecule has 0 radical (unpaired) electrons. The standard InChI is InChI=1S/C17H15F3N2O4S/c18-17(19,20)27(25,26)14-3-1-2-13(10-14)22-16(24)9-12-6-4-11(5-7-12)8-15(21)23/h1-7,10H,8-9H2,(H2,21,23)(H,22,24). The first-order valence-electron chi connectivity index (χ1n) is 7.56. The van der Waals surface area contributed by atoms with Gasteiger partial charge in [0.1, 0.15) is 0 Å². The molecule has 2 rings (SSSR count). The average Bonchev–Trinajstić information content (AvgIpc) is 2.55. The summed E-state index contributed by atoms with van der Waals surface area (Å²) in [6, 6.07) is 10.4. The Morgan fingerprint density at radius 2 is 1.52 bits per heavy atom. The van der Waals surface area contributed by atoms with Crippen molar-refractivity contribution >= 4 is 27.3 Å². The Morgan fingerprint density at radius 1 is 0.963 bits per heavy atom. The number of carbonyl (C=O) groups is 2. The Bertz CT molecular complexity index is 955. The van der Waals surface area contributed by atoms with Crippen LogP contribution in [0.3, 0.4) is 0 Å². The lowest BCUT2D eigenvalue weighted by Gasteiger charge is -2.10. The molecule has 2 aromatic rings. The molecule has 0 heterocycles. The minimum Gasteiger partial charge on any atom is -0.369 e. The topological polar surface area (TPSA) is 106 Å². The number of carbonyl (C=O) groups excluding carboxylic acids is 2. The number of benzene rings is 2. The van der Waals surface area contributed by atoms with Crippen LogP contribution < -0.4 is 11.1 Å². The number of nitrogens with two attached hydrogens (primary N) is 1. The van der Waals surface area contributed by atoms with Crippen molar-refractivity contribution in [1.82, 2.24) is 0 Å². The molecule has 144 valence electrons. The molecule has 0 unspecified atom stereocenters. The first-order valence-corrected chi connectivity index (χ1v) is 9.05. The zero-order chi connectivity index (χ0) is 20.2. The minimum atomic E-state index is -5.50. The van der Waals surface area contributed by atoms with Gasteiger partial charge in [0.2, 0.25) is 11.8 Å². The van der Waals surface area contributed by atoms with E-state index in [9.17, 15) is 31.2 Å². The van der Waals surface area contributed by atoms with Crippen molar-refractivity contribution in [2.24, 2.45) is 5.73 Å². The van der Waals surface area contributed by atoms with Crippen molar-refractivity contribution in [1.29, 1.82) is 0 Å². The number of alkyl halides is 3. The van der Waals surface area contributed by atoms with Gasteiger partial charge >= 0.3 is 5.51 Å². The van der Waals surface area contributed by atoms with E-state index in [2.05, 4.69) is 5.32 Å². The van der Waals surface area contributed by atoms with E-state index in [4.69, 9.17) is 5.73 Å². The Kier molecular flexibility index (Phi) is 5.89. The monoisotopic (exact) mass is 400 g/mol. The van der Waals surface area contributed by atoms with Gasteiger partial charge < -0.3 is 11.1 Å². The number of nitrogens with one attached hydrogen (secondary N) is 1. The van der Waals surface area contributed by atoms with Crippen molar-refractivity contribution in [2.45, 2.75) is 23.2 Å².